The molecule has 11 nitrogen and oxygen atoms in total. The third kappa shape index (κ3) is 6.12. The largest absolute Gasteiger partial charge is 0.444 e. The summed E-state index contributed by atoms with van der Waals surface area (Å²) in [5.74, 6) is 1.11. The lowest BCUT2D eigenvalue weighted by atomic mass is 10.0. The van der Waals surface area contributed by atoms with Gasteiger partial charge in [0, 0.05) is 37.1 Å². The Bertz CT molecular complexity index is 1900. The zero-order valence-corrected chi connectivity index (χ0v) is 25.4. The van der Waals surface area contributed by atoms with Gasteiger partial charge in [0.2, 0.25) is 5.78 Å². The zero-order chi connectivity index (χ0) is 31.1. The molecule has 0 N–H and O–H groups in total. The maximum Gasteiger partial charge on any atom is 0.410 e. The number of carbonyl (C=O) groups excluding carboxylic acids is 1. The second-order valence-electron chi connectivity index (χ2n) is 12.5. The molecule has 2 aromatic heterocycles. The number of aliphatic imine (C=N–C) groups is 2. The highest BCUT2D eigenvalue weighted by molar-refractivity contribution is 6.05. The predicted molar refractivity (Wildman–Crippen MR) is 167 cm³/mol. The molecule has 4 heterocycles. The lowest BCUT2D eigenvalue weighted by Crippen LogP contribution is -2.47. The number of nitriles is 1. The maximum atomic E-state index is 12.9. The van der Waals surface area contributed by atoms with Gasteiger partial charge in [0.15, 0.2) is 5.84 Å². The molecule has 44 heavy (non-hydrogen) atoms. The minimum atomic E-state index is -0.642. The number of nitrogens with zero attached hydrogens (tertiary/aromatic N) is 7. The third-order valence-corrected chi connectivity index (χ3v) is 7.73. The summed E-state index contributed by atoms with van der Waals surface area (Å²) in [7, 11) is 0. The van der Waals surface area contributed by atoms with Crippen LogP contribution in [0.2, 0.25) is 0 Å². The molecule has 0 saturated carbocycles. The molecule has 0 radical (unpaired) electrons. The standard InChI is InChI=1S/C33H35N7O4/c1-32(2,3)44-31(42)38-13-10-25(11-14-38)43-33(4)20-35-29(36-21-33)24-7-5-6-23(16-24)19-40-28(41)12-15-39-27-17-22(18-34)8-9-26(27)37-30(39)40/h5-9,12,15-17,20,25H,10-11,13-14,19,21H2,1-4H3. The molecule has 0 bridgehead atoms. The molecule has 2 aromatic carbocycles. The maximum absolute atomic E-state index is 12.9. The minimum Gasteiger partial charge on any atom is -0.444 e. The van der Waals surface area contributed by atoms with Crippen molar-refractivity contribution in [3.8, 4) is 6.07 Å². The number of amidine groups is 1. The molecule has 1 atom stereocenters. The molecule has 4 aromatic rings. The van der Waals surface area contributed by atoms with Crippen molar-refractivity contribution in [3.05, 3.63) is 81.8 Å². The van der Waals surface area contributed by atoms with E-state index in [2.05, 4.69) is 16.0 Å². The number of rotatable bonds is 5. The van der Waals surface area contributed by atoms with Crippen LogP contribution in [0.15, 0.2) is 69.5 Å². The van der Waals surface area contributed by atoms with E-state index in [-0.39, 0.29) is 17.8 Å². The van der Waals surface area contributed by atoms with Crippen LogP contribution in [0.5, 0.6) is 0 Å². The molecule has 1 unspecified atom stereocenters. The van der Waals surface area contributed by atoms with Crippen LogP contribution in [0.1, 0.15) is 57.2 Å². The molecule has 2 aliphatic heterocycles. The van der Waals surface area contributed by atoms with E-state index >= 15 is 0 Å². The van der Waals surface area contributed by atoms with Gasteiger partial charge in [-0.2, -0.15) is 5.26 Å². The number of ether oxygens (including phenoxy) is 2. The number of carbonyl (C=O) groups is 1. The van der Waals surface area contributed by atoms with Gasteiger partial charge in [-0.1, -0.05) is 18.2 Å². The van der Waals surface area contributed by atoms with Crippen LogP contribution in [-0.2, 0) is 16.0 Å². The average molecular weight is 594 g/mol. The molecule has 6 rings (SSSR count). The van der Waals surface area contributed by atoms with Gasteiger partial charge < -0.3 is 14.4 Å². The zero-order valence-electron chi connectivity index (χ0n) is 25.4. The highest BCUT2D eigenvalue weighted by Crippen LogP contribution is 2.24. The summed E-state index contributed by atoms with van der Waals surface area (Å²) in [4.78, 5) is 41.2. The van der Waals surface area contributed by atoms with E-state index in [9.17, 15) is 14.9 Å². The number of hydrogen-bond donors (Lipinski definition) is 0. The van der Waals surface area contributed by atoms with Crippen molar-refractivity contribution in [1.82, 2.24) is 18.9 Å². The van der Waals surface area contributed by atoms with Gasteiger partial charge in [0.25, 0.3) is 5.56 Å². The molecule has 0 spiro atoms. The summed E-state index contributed by atoms with van der Waals surface area (Å²) >= 11 is 0. The van der Waals surface area contributed by atoms with Crippen molar-refractivity contribution in [2.75, 3.05) is 19.6 Å². The van der Waals surface area contributed by atoms with E-state index in [1.807, 2.05) is 62.6 Å². The van der Waals surface area contributed by atoms with E-state index in [0.717, 1.165) is 29.5 Å². The van der Waals surface area contributed by atoms with Crippen LogP contribution in [0.3, 0.4) is 0 Å². The molecule has 1 fully saturated rings. The van der Waals surface area contributed by atoms with Gasteiger partial charge in [-0.05, 0) is 70.4 Å². The minimum absolute atomic E-state index is 0.00274. The van der Waals surface area contributed by atoms with Gasteiger partial charge in [-0.3, -0.25) is 18.8 Å². The Morgan fingerprint density at radius 2 is 1.93 bits per heavy atom. The number of aromatic nitrogens is 3. The Morgan fingerprint density at radius 3 is 2.64 bits per heavy atom. The van der Waals surface area contributed by atoms with Crippen molar-refractivity contribution >= 4 is 35.0 Å². The van der Waals surface area contributed by atoms with Gasteiger partial charge >= 0.3 is 6.09 Å². The summed E-state index contributed by atoms with van der Waals surface area (Å²) in [6.45, 7) is 9.49. The fraction of sp³-hybridized carbons (Fsp3) is 0.394. The van der Waals surface area contributed by atoms with E-state index < -0.39 is 11.2 Å². The van der Waals surface area contributed by atoms with Gasteiger partial charge in [0.05, 0.1) is 41.9 Å². The van der Waals surface area contributed by atoms with Gasteiger partial charge in [0.1, 0.15) is 11.2 Å². The van der Waals surface area contributed by atoms with Crippen molar-refractivity contribution < 1.29 is 14.3 Å². The number of imidazole rings is 1. The van der Waals surface area contributed by atoms with Crippen LogP contribution in [0.4, 0.5) is 4.79 Å². The van der Waals surface area contributed by atoms with Crippen molar-refractivity contribution in [2.24, 2.45) is 9.98 Å². The third-order valence-electron chi connectivity index (χ3n) is 7.73. The van der Waals surface area contributed by atoms with Gasteiger partial charge in [-0.15, -0.1) is 0 Å². The summed E-state index contributed by atoms with van der Waals surface area (Å²) in [6.07, 6.45) is 4.66. The quantitative estimate of drug-likeness (QED) is 0.334. The molecule has 0 aliphatic carbocycles. The van der Waals surface area contributed by atoms with Crippen LogP contribution >= 0.6 is 0 Å². The van der Waals surface area contributed by atoms with Crippen molar-refractivity contribution in [2.45, 2.75) is 64.4 Å². The first kappa shape index (κ1) is 29.3. The number of piperidine rings is 1. The first-order valence-corrected chi connectivity index (χ1v) is 14.8. The Balaban J connectivity index is 1.13. The first-order chi connectivity index (χ1) is 21.0. The monoisotopic (exact) mass is 593 g/mol. The highest BCUT2D eigenvalue weighted by Gasteiger charge is 2.33. The molecule has 1 amide bonds. The van der Waals surface area contributed by atoms with E-state index in [4.69, 9.17) is 14.5 Å². The fourth-order valence-corrected chi connectivity index (χ4v) is 5.56. The molecule has 1 saturated heterocycles. The van der Waals surface area contributed by atoms with Crippen molar-refractivity contribution in [1.29, 1.82) is 5.26 Å². The number of benzene rings is 2. The molecular formula is C33H35N7O4. The van der Waals surface area contributed by atoms with E-state index in [0.29, 0.717) is 48.9 Å². The number of hydrogen-bond acceptors (Lipinski definition) is 8. The Morgan fingerprint density at radius 1 is 1.14 bits per heavy atom. The smallest absolute Gasteiger partial charge is 0.410 e. The predicted octanol–water partition coefficient (Wildman–Crippen LogP) is 4.57. The molecule has 226 valence electrons. The highest BCUT2D eigenvalue weighted by atomic mass is 16.6. The summed E-state index contributed by atoms with van der Waals surface area (Å²) in [6, 6.07) is 16.8. The second kappa shape index (κ2) is 11.4. The van der Waals surface area contributed by atoms with Crippen LogP contribution in [0, 0.1) is 11.3 Å². The van der Waals surface area contributed by atoms with Gasteiger partial charge in [-0.25, -0.2) is 14.8 Å². The number of fused-ring (bicyclic) bond motifs is 3. The normalized spacial score (nSPS) is 19.2. The lowest BCUT2D eigenvalue weighted by Gasteiger charge is -2.37. The fourth-order valence-electron chi connectivity index (χ4n) is 5.56. The lowest BCUT2D eigenvalue weighted by molar-refractivity contribution is -0.0602. The van der Waals surface area contributed by atoms with E-state index in [1.165, 1.54) is 6.07 Å². The SMILES string of the molecule is CC(C)(C)OC(=O)N1CCC(OC2(C)C=NC(c3cccc(Cn4c(=O)ccn5c6cc(C#N)ccc6nc45)c3)=NC2)CC1. The topological polar surface area (TPSA) is 127 Å². The average Bonchev–Trinajstić information content (AvgIpc) is 3.36. The van der Waals surface area contributed by atoms with Crippen LogP contribution in [0.25, 0.3) is 16.8 Å². The molecule has 11 heteroatoms. The van der Waals surface area contributed by atoms with E-state index in [1.54, 1.807) is 33.9 Å². The van der Waals surface area contributed by atoms with Crippen LogP contribution in [-0.4, -0.2) is 73.9 Å². The van der Waals surface area contributed by atoms with Crippen molar-refractivity contribution in [3.63, 3.8) is 0 Å². The number of likely N-dealkylation sites (tertiary alicyclic amines) is 1. The second-order valence-corrected chi connectivity index (χ2v) is 12.5. The first-order valence-electron chi connectivity index (χ1n) is 14.8. The number of amides is 1. The van der Waals surface area contributed by atoms with Crippen LogP contribution < -0.4 is 5.56 Å². The molecule has 2 aliphatic rings. The Labute approximate surface area is 255 Å². The Hall–Kier alpha value is -4.82. The summed E-state index contributed by atoms with van der Waals surface area (Å²) in [5, 5.41) is 9.31. The summed E-state index contributed by atoms with van der Waals surface area (Å²) in [5.41, 5.74) is 2.43. The summed E-state index contributed by atoms with van der Waals surface area (Å²) < 4.78 is 15.4. The molecular weight excluding hydrogens is 558 g/mol. The Kier molecular flexibility index (Phi) is 7.55.